The van der Waals surface area contributed by atoms with Crippen LogP contribution in [0.4, 0.5) is 9.52 Å². The first-order chi connectivity index (χ1) is 11.1. The lowest BCUT2D eigenvalue weighted by atomic mass is 10.1. The van der Waals surface area contributed by atoms with Gasteiger partial charge in [-0.25, -0.2) is 14.1 Å². The lowest BCUT2D eigenvalue weighted by Gasteiger charge is -2.07. The van der Waals surface area contributed by atoms with Crippen molar-refractivity contribution in [2.45, 2.75) is 6.54 Å². The zero-order valence-electron chi connectivity index (χ0n) is 11.8. The SMILES string of the molecule is O=C(Cn1nc(-c2ccc(F)cc2)ccc1=O)Nc1nccs1. The monoisotopic (exact) mass is 330 g/mol. The number of benzene rings is 1. The Bertz CT molecular complexity index is 875. The summed E-state index contributed by atoms with van der Waals surface area (Å²) in [5, 5.41) is 8.92. The van der Waals surface area contributed by atoms with Gasteiger partial charge in [-0.05, 0) is 30.3 Å². The third kappa shape index (κ3) is 3.67. The van der Waals surface area contributed by atoms with Crippen molar-refractivity contribution >= 4 is 22.4 Å². The van der Waals surface area contributed by atoms with Gasteiger partial charge in [-0.15, -0.1) is 11.3 Å². The summed E-state index contributed by atoms with van der Waals surface area (Å²) >= 11 is 1.28. The van der Waals surface area contributed by atoms with E-state index in [-0.39, 0.29) is 12.4 Å². The molecule has 0 atom stereocenters. The molecule has 0 aliphatic carbocycles. The Balaban J connectivity index is 1.81. The lowest BCUT2D eigenvalue weighted by Crippen LogP contribution is -2.29. The lowest BCUT2D eigenvalue weighted by molar-refractivity contribution is -0.117. The number of carbonyl (C=O) groups is 1. The number of thiazole rings is 1. The highest BCUT2D eigenvalue weighted by Gasteiger charge is 2.09. The molecule has 0 aliphatic heterocycles. The van der Waals surface area contributed by atoms with Crippen molar-refractivity contribution in [1.82, 2.24) is 14.8 Å². The highest BCUT2D eigenvalue weighted by Crippen LogP contribution is 2.15. The Morgan fingerprint density at radius 1 is 1.22 bits per heavy atom. The molecule has 0 saturated heterocycles. The molecule has 1 amide bonds. The molecule has 23 heavy (non-hydrogen) atoms. The maximum atomic E-state index is 13.0. The fraction of sp³-hybridized carbons (Fsp3) is 0.0667. The molecular weight excluding hydrogens is 319 g/mol. The molecule has 8 heteroatoms. The van der Waals surface area contributed by atoms with Crippen LogP contribution >= 0.6 is 11.3 Å². The van der Waals surface area contributed by atoms with Crippen LogP contribution in [0.15, 0.2) is 52.8 Å². The number of anilines is 1. The molecular formula is C15H11FN4O2S. The van der Waals surface area contributed by atoms with E-state index in [2.05, 4.69) is 15.4 Å². The third-order valence-electron chi connectivity index (χ3n) is 2.98. The van der Waals surface area contributed by atoms with Gasteiger partial charge in [0.1, 0.15) is 12.4 Å². The van der Waals surface area contributed by atoms with Crippen LogP contribution in [0.3, 0.4) is 0 Å². The molecule has 3 rings (SSSR count). The molecule has 0 radical (unpaired) electrons. The fourth-order valence-electron chi connectivity index (χ4n) is 1.92. The van der Waals surface area contributed by atoms with Gasteiger partial charge in [0.25, 0.3) is 5.56 Å². The summed E-state index contributed by atoms with van der Waals surface area (Å²) in [5.41, 5.74) is 0.734. The van der Waals surface area contributed by atoms with E-state index in [4.69, 9.17) is 0 Å². The zero-order chi connectivity index (χ0) is 16.2. The van der Waals surface area contributed by atoms with Crippen LogP contribution in [0.25, 0.3) is 11.3 Å². The van der Waals surface area contributed by atoms with Crippen LogP contribution in [-0.2, 0) is 11.3 Å². The number of hydrogen-bond acceptors (Lipinski definition) is 5. The minimum absolute atomic E-state index is 0.229. The molecule has 0 fully saturated rings. The number of nitrogens with one attached hydrogen (secondary N) is 1. The number of nitrogens with zero attached hydrogens (tertiary/aromatic N) is 3. The van der Waals surface area contributed by atoms with Crippen molar-refractivity contribution in [3.05, 3.63) is 64.1 Å². The summed E-state index contributed by atoms with van der Waals surface area (Å²) in [6.07, 6.45) is 1.57. The first-order valence-corrected chi connectivity index (χ1v) is 7.53. The van der Waals surface area contributed by atoms with E-state index < -0.39 is 11.5 Å². The first kappa shape index (κ1) is 15.0. The van der Waals surface area contributed by atoms with E-state index in [1.165, 1.54) is 35.6 Å². The Morgan fingerprint density at radius 3 is 2.70 bits per heavy atom. The number of halogens is 1. The van der Waals surface area contributed by atoms with Gasteiger partial charge < -0.3 is 5.32 Å². The second-order valence-electron chi connectivity index (χ2n) is 4.61. The summed E-state index contributed by atoms with van der Waals surface area (Å²) < 4.78 is 14.0. The Kier molecular flexibility index (Phi) is 4.24. The molecule has 116 valence electrons. The second kappa shape index (κ2) is 6.49. The molecule has 2 aromatic heterocycles. The first-order valence-electron chi connectivity index (χ1n) is 6.65. The summed E-state index contributed by atoms with van der Waals surface area (Å²) in [5.74, 6) is -0.754. The molecule has 2 heterocycles. The Labute approximate surface area is 134 Å². The molecule has 0 unspecified atom stereocenters. The van der Waals surface area contributed by atoms with Crippen LogP contribution in [0.5, 0.6) is 0 Å². The number of carbonyl (C=O) groups excluding carboxylic acids is 1. The second-order valence-corrected chi connectivity index (χ2v) is 5.50. The number of hydrogen-bond donors (Lipinski definition) is 1. The van der Waals surface area contributed by atoms with Gasteiger partial charge in [-0.1, -0.05) is 0 Å². The van der Waals surface area contributed by atoms with Crippen LogP contribution in [-0.4, -0.2) is 20.7 Å². The molecule has 0 aliphatic rings. The molecule has 6 nitrogen and oxygen atoms in total. The van der Waals surface area contributed by atoms with E-state index in [0.29, 0.717) is 16.4 Å². The number of amides is 1. The summed E-state index contributed by atoms with van der Waals surface area (Å²) in [6, 6.07) is 8.58. The number of rotatable bonds is 4. The predicted octanol–water partition coefficient (Wildman–Crippen LogP) is 2.14. The molecule has 0 bridgehead atoms. The number of aromatic nitrogens is 3. The minimum atomic E-state index is -0.398. The van der Waals surface area contributed by atoms with E-state index in [0.717, 1.165) is 4.68 Å². The van der Waals surface area contributed by atoms with Gasteiger partial charge in [0, 0.05) is 23.2 Å². The zero-order valence-corrected chi connectivity index (χ0v) is 12.6. The Hall–Kier alpha value is -2.87. The minimum Gasteiger partial charge on any atom is -0.300 e. The summed E-state index contributed by atoms with van der Waals surface area (Å²) in [4.78, 5) is 27.7. The standard InChI is InChI=1S/C15H11FN4O2S/c16-11-3-1-10(2-4-11)12-5-6-14(22)20(19-12)9-13(21)18-15-17-7-8-23-15/h1-8H,9H2,(H,17,18,21). The Morgan fingerprint density at radius 2 is 2.00 bits per heavy atom. The van der Waals surface area contributed by atoms with Crippen molar-refractivity contribution in [2.75, 3.05) is 5.32 Å². The molecule has 1 N–H and O–H groups in total. The topological polar surface area (TPSA) is 76.9 Å². The molecule has 3 aromatic rings. The third-order valence-corrected chi connectivity index (χ3v) is 3.67. The summed E-state index contributed by atoms with van der Waals surface area (Å²) in [6.45, 7) is -0.229. The quantitative estimate of drug-likeness (QED) is 0.795. The van der Waals surface area contributed by atoms with Gasteiger partial charge in [0.05, 0.1) is 5.69 Å². The van der Waals surface area contributed by atoms with Crippen LogP contribution in [0.2, 0.25) is 0 Å². The van der Waals surface area contributed by atoms with E-state index >= 15 is 0 Å². The largest absolute Gasteiger partial charge is 0.300 e. The van der Waals surface area contributed by atoms with Gasteiger partial charge in [0.15, 0.2) is 5.13 Å². The van der Waals surface area contributed by atoms with Gasteiger partial charge in [-0.2, -0.15) is 5.10 Å². The maximum absolute atomic E-state index is 13.0. The van der Waals surface area contributed by atoms with Crippen molar-refractivity contribution < 1.29 is 9.18 Å². The predicted molar refractivity (Wildman–Crippen MR) is 84.6 cm³/mol. The van der Waals surface area contributed by atoms with Crippen molar-refractivity contribution in [3.63, 3.8) is 0 Å². The van der Waals surface area contributed by atoms with Crippen LogP contribution in [0, 0.1) is 5.82 Å². The average molecular weight is 330 g/mol. The van der Waals surface area contributed by atoms with E-state index in [1.807, 2.05) is 0 Å². The van der Waals surface area contributed by atoms with Gasteiger partial charge in [-0.3, -0.25) is 9.59 Å². The maximum Gasteiger partial charge on any atom is 0.267 e. The fourth-order valence-corrected chi connectivity index (χ4v) is 2.46. The van der Waals surface area contributed by atoms with Crippen molar-refractivity contribution in [3.8, 4) is 11.3 Å². The van der Waals surface area contributed by atoms with Gasteiger partial charge >= 0.3 is 0 Å². The molecule has 0 saturated carbocycles. The molecule has 0 spiro atoms. The van der Waals surface area contributed by atoms with Gasteiger partial charge in [0.2, 0.25) is 5.91 Å². The average Bonchev–Trinajstić information content (AvgIpc) is 3.03. The van der Waals surface area contributed by atoms with E-state index in [1.54, 1.807) is 23.7 Å². The van der Waals surface area contributed by atoms with Crippen molar-refractivity contribution in [2.24, 2.45) is 0 Å². The van der Waals surface area contributed by atoms with E-state index in [9.17, 15) is 14.0 Å². The smallest absolute Gasteiger partial charge is 0.267 e. The summed E-state index contributed by atoms with van der Waals surface area (Å²) in [7, 11) is 0. The van der Waals surface area contributed by atoms with Crippen LogP contribution in [0.1, 0.15) is 0 Å². The molecule has 1 aromatic carbocycles. The normalized spacial score (nSPS) is 10.5. The van der Waals surface area contributed by atoms with Crippen LogP contribution < -0.4 is 10.9 Å². The highest BCUT2D eigenvalue weighted by atomic mass is 32.1. The highest BCUT2D eigenvalue weighted by molar-refractivity contribution is 7.13. The van der Waals surface area contributed by atoms with Crippen molar-refractivity contribution in [1.29, 1.82) is 0 Å².